The summed E-state index contributed by atoms with van der Waals surface area (Å²) in [4.78, 5) is 12.2. The molecule has 20 heavy (non-hydrogen) atoms. The molecule has 1 aromatic carbocycles. The van der Waals surface area contributed by atoms with Crippen LogP contribution in [0.4, 0.5) is 5.69 Å². The van der Waals surface area contributed by atoms with Crippen LogP contribution in [0.5, 0.6) is 0 Å². The molecule has 106 valence electrons. The summed E-state index contributed by atoms with van der Waals surface area (Å²) in [6.07, 6.45) is 0. The van der Waals surface area contributed by atoms with Crippen molar-refractivity contribution in [3.05, 3.63) is 46.3 Å². The lowest BCUT2D eigenvalue weighted by Crippen LogP contribution is -2.24. The number of aromatic nitrogens is 1. The molecule has 2 rings (SSSR count). The van der Waals surface area contributed by atoms with E-state index in [-0.39, 0.29) is 5.91 Å². The summed E-state index contributed by atoms with van der Waals surface area (Å²) in [6, 6.07) is 5.66. The highest BCUT2D eigenvalue weighted by molar-refractivity contribution is 5.96. The predicted molar refractivity (Wildman–Crippen MR) is 77.9 cm³/mol. The Morgan fingerprint density at radius 1 is 1.30 bits per heavy atom. The summed E-state index contributed by atoms with van der Waals surface area (Å²) >= 11 is 0. The summed E-state index contributed by atoms with van der Waals surface area (Å²) in [5.41, 5.74) is 4.35. The van der Waals surface area contributed by atoms with E-state index < -0.39 is 0 Å². The van der Waals surface area contributed by atoms with Crippen molar-refractivity contribution < 1.29 is 9.32 Å². The van der Waals surface area contributed by atoms with Crippen LogP contribution in [0.25, 0.3) is 0 Å². The van der Waals surface area contributed by atoms with Gasteiger partial charge in [0, 0.05) is 30.4 Å². The molecule has 0 spiro atoms. The van der Waals surface area contributed by atoms with Gasteiger partial charge in [0.1, 0.15) is 5.76 Å². The SMILES string of the molecule is CNc1ccc(C(=O)NCc2c(C)noc2C)c(C)c1. The van der Waals surface area contributed by atoms with Gasteiger partial charge in [-0.05, 0) is 44.5 Å². The van der Waals surface area contributed by atoms with Crippen molar-refractivity contribution in [3.8, 4) is 0 Å². The van der Waals surface area contributed by atoms with Gasteiger partial charge in [0.2, 0.25) is 0 Å². The molecule has 0 unspecified atom stereocenters. The first-order valence-corrected chi connectivity index (χ1v) is 6.51. The predicted octanol–water partition coefficient (Wildman–Crippen LogP) is 2.57. The molecule has 0 aliphatic rings. The normalized spacial score (nSPS) is 10.4. The highest BCUT2D eigenvalue weighted by atomic mass is 16.5. The first-order valence-electron chi connectivity index (χ1n) is 6.51. The Hall–Kier alpha value is -2.30. The fraction of sp³-hybridized carbons (Fsp3) is 0.333. The number of nitrogens with one attached hydrogen (secondary N) is 2. The highest BCUT2D eigenvalue weighted by Gasteiger charge is 2.13. The summed E-state index contributed by atoms with van der Waals surface area (Å²) in [6.45, 7) is 6.05. The molecule has 2 aromatic rings. The lowest BCUT2D eigenvalue weighted by molar-refractivity contribution is 0.0950. The van der Waals surface area contributed by atoms with Gasteiger partial charge in [-0.15, -0.1) is 0 Å². The maximum atomic E-state index is 12.2. The maximum Gasteiger partial charge on any atom is 0.251 e. The zero-order valence-corrected chi connectivity index (χ0v) is 12.2. The van der Waals surface area contributed by atoms with Gasteiger partial charge in [-0.3, -0.25) is 4.79 Å². The van der Waals surface area contributed by atoms with E-state index in [1.54, 1.807) is 0 Å². The summed E-state index contributed by atoms with van der Waals surface area (Å²) in [5, 5.41) is 9.83. The van der Waals surface area contributed by atoms with Gasteiger partial charge in [0.05, 0.1) is 5.69 Å². The highest BCUT2D eigenvalue weighted by Crippen LogP contribution is 2.16. The monoisotopic (exact) mass is 273 g/mol. The van der Waals surface area contributed by atoms with E-state index in [1.165, 1.54) is 0 Å². The van der Waals surface area contributed by atoms with Crippen LogP contribution in [0.3, 0.4) is 0 Å². The Morgan fingerprint density at radius 3 is 2.60 bits per heavy atom. The van der Waals surface area contributed by atoms with E-state index in [2.05, 4.69) is 15.8 Å². The van der Waals surface area contributed by atoms with Crippen molar-refractivity contribution in [1.82, 2.24) is 10.5 Å². The number of nitrogens with zero attached hydrogens (tertiary/aromatic N) is 1. The van der Waals surface area contributed by atoms with Crippen LogP contribution in [-0.2, 0) is 6.54 Å². The zero-order valence-electron chi connectivity index (χ0n) is 12.2. The van der Waals surface area contributed by atoms with Crippen LogP contribution < -0.4 is 10.6 Å². The van der Waals surface area contributed by atoms with E-state index in [9.17, 15) is 4.79 Å². The third-order valence-corrected chi connectivity index (χ3v) is 3.37. The molecule has 5 nitrogen and oxygen atoms in total. The Kier molecular flexibility index (Phi) is 4.08. The van der Waals surface area contributed by atoms with E-state index in [0.29, 0.717) is 12.1 Å². The topological polar surface area (TPSA) is 67.2 Å². The minimum absolute atomic E-state index is 0.0925. The van der Waals surface area contributed by atoms with Crippen molar-refractivity contribution in [2.24, 2.45) is 0 Å². The second kappa shape index (κ2) is 5.77. The molecule has 0 aliphatic carbocycles. The van der Waals surface area contributed by atoms with Gasteiger partial charge in [-0.2, -0.15) is 0 Å². The smallest absolute Gasteiger partial charge is 0.251 e. The number of aryl methyl sites for hydroxylation is 3. The van der Waals surface area contributed by atoms with E-state index in [1.807, 2.05) is 46.0 Å². The zero-order chi connectivity index (χ0) is 14.7. The van der Waals surface area contributed by atoms with Crippen molar-refractivity contribution in [3.63, 3.8) is 0 Å². The van der Waals surface area contributed by atoms with Gasteiger partial charge in [-0.1, -0.05) is 5.16 Å². The molecule has 2 N–H and O–H groups in total. The number of amides is 1. The number of benzene rings is 1. The standard InChI is InChI=1S/C15H19N3O2/c1-9-7-12(16-4)5-6-13(9)15(19)17-8-14-10(2)18-20-11(14)3/h5-7,16H,8H2,1-4H3,(H,17,19). The molecule has 0 atom stereocenters. The minimum Gasteiger partial charge on any atom is -0.388 e. The maximum absolute atomic E-state index is 12.2. The summed E-state index contributed by atoms with van der Waals surface area (Å²) in [7, 11) is 1.85. The number of rotatable bonds is 4. The van der Waals surface area contributed by atoms with Crippen LogP contribution in [0.2, 0.25) is 0 Å². The molecule has 1 heterocycles. The summed E-state index contributed by atoms with van der Waals surface area (Å²) in [5.74, 6) is 0.648. The fourth-order valence-corrected chi connectivity index (χ4v) is 2.09. The molecule has 1 amide bonds. The van der Waals surface area contributed by atoms with Crippen LogP contribution in [-0.4, -0.2) is 18.1 Å². The molecular weight excluding hydrogens is 254 g/mol. The number of carbonyl (C=O) groups excluding carboxylic acids is 1. The Balaban J connectivity index is 2.09. The molecular formula is C15H19N3O2. The quantitative estimate of drug-likeness (QED) is 0.898. The van der Waals surface area contributed by atoms with Gasteiger partial charge in [0.15, 0.2) is 0 Å². The molecule has 0 bridgehead atoms. The third-order valence-electron chi connectivity index (χ3n) is 3.37. The molecule has 0 saturated carbocycles. The van der Waals surface area contributed by atoms with Gasteiger partial charge < -0.3 is 15.2 Å². The summed E-state index contributed by atoms with van der Waals surface area (Å²) < 4.78 is 5.08. The van der Waals surface area contributed by atoms with Crippen molar-refractivity contribution >= 4 is 11.6 Å². The van der Waals surface area contributed by atoms with Crippen LogP contribution in [0.15, 0.2) is 22.7 Å². The van der Waals surface area contributed by atoms with Crippen LogP contribution in [0.1, 0.15) is 32.9 Å². The molecule has 0 fully saturated rings. The van der Waals surface area contributed by atoms with Crippen LogP contribution >= 0.6 is 0 Å². The average Bonchev–Trinajstić information content (AvgIpc) is 2.75. The van der Waals surface area contributed by atoms with Gasteiger partial charge >= 0.3 is 0 Å². The second-order valence-corrected chi connectivity index (χ2v) is 4.77. The Labute approximate surface area is 118 Å². The van der Waals surface area contributed by atoms with Crippen molar-refractivity contribution in [1.29, 1.82) is 0 Å². The van der Waals surface area contributed by atoms with Crippen LogP contribution in [0, 0.1) is 20.8 Å². The fourth-order valence-electron chi connectivity index (χ4n) is 2.09. The Bertz CT molecular complexity index is 613. The first-order chi connectivity index (χ1) is 9.52. The number of hydrogen-bond acceptors (Lipinski definition) is 4. The minimum atomic E-state index is -0.0925. The van der Waals surface area contributed by atoms with E-state index >= 15 is 0 Å². The third kappa shape index (κ3) is 2.82. The van der Waals surface area contributed by atoms with Gasteiger partial charge in [-0.25, -0.2) is 0 Å². The number of anilines is 1. The largest absolute Gasteiger partial charge is 0.388 e. The first kappa shape index (κ1) is 14.1. The lowest BCUT2D eigenvalue weighted by Gasteiger charge is -2.09. The second-order valence-electron chi connectivity index (χ2n) is 4.77. The van der Waals surface area contributed by atoms with Gasteiger partial charge in [0.25, 0.3) is 5.91 Å². The van der Waals surface area contributed by atoms with E-state index in [0.717, 1.165) is 28.3 Å². The van der Waals surface area contributed by atoms with E-state index in [4.69, 9.17) is 4.52 Å². The number of hydrogen-bond donors (Lipinski definition) is 2. The molecule has 5 heteroatoms. The lowest BCUT2D eigenvalue weighted by atomic mass is 10.1. The van der Waals surface area contributed by atoms with Crippen molar-refractivity contribution in [2.75, 3.05) is 12.4 Å². The molecule has 0 aliphatic heterocycles. The molecule has 1 aromatic heterocycles. The van der Waals surface area contributed by atoms with Crippen molar-refractivity contribution in [2.45, 2.75) is 27.3 Å². The molecule has 0 radical (unpaired) electrons. The molecule has 0 saturated heterocycles. The average molecular weight is 273 g/mol. The number of carbonyl (C=O) groups is 1. The Morgan fingerprint density at radius 2 is 2.05 bits per heavy atom.